The smallest absolute Gasteiger partial charge is 0.335 e. The second-order valence-corrected chi connectivity index (χ2v) is 4.26. The molecule has 0 saturated heterocycles. The number of carboxylic acids is 1. The third-order valence-electron chi connectivity index (χ3n) is 2.10. The zero-order valence-corrected chi connectivity index (χ0v) is 10.2. The van der Waals surface area contributed by atoms with Gasteiger partial charge in [0.1, 0.15) is 4.83 Å². The molecule has 0 bridgehead atoms. The van der Waals surface area contributed by atoms with Gasteiger partial charge < -0.3 is 9.84 Å². The van der Waals surface area contributed by atoms with E-state index >= 15 is 0 Å². The van der Waals surface area contributed by atoms with Crippen molar-refractivity contribution in [1.29, 1.82) is 0 Å². The molecule has 5 heteroatoms. The Labute approximate surface area is 101 Å². The predicted octanol–water partition coefficient (Wildman–Crippen LogP) is 1.86. The van der Waals surface area contributed by atoms with Crippen LogP contribution in [0.4, 0.5) is 0 Å². The summed E-state index contributed by atoms with van der Waals surface area (Å²) in [6.07, 6.45) is 0.287. The topological polar surface area (TPSA) is 63.6 Å². The molecule has 4 nitrogen and oxygen atoms in total. The fourth-order valence-corrected chi connectivity index (χ4v) is 1.85. The van der Waals surface area contributed by atoms with E-state index in [4.69, 9.17) is 5.11 Å². The van der Waals surface area contributed by atoms with Crippen LogP contribution in [0.15, 0.2) is 24.3 Å². The van der Waals surface area contributed by atoms with Gasteiger partial charge in [0, 0.05) is 0 Å². The summed E-state index contributed by atoms with van der Waals surface area (Å²) in [6, 6.07) is 6.57. The Morgan fingerprint density at radius 2 is 2.06 bits per heavy atom. The van der Waals surface area contributed by atoms with Crippen molar-refractivity contribution in [2.24, 2.45) is 0 Å². The molecule has 0 radical (unpaired) electrons. The van der Waals surface area contributed by atoms with E-state index < -0.39 is 16.8 Å². The molecule has 0 spiro atoms. The van der Waals surface area contributed by atoms with Gasteiger partial charge in [-0.25, -0.2) is 4.79 Å². The maximum Gasteiger partial charge on any atom is 0.335 e. The number of esters is 1. The lowest BCUT2D eigenvalue weighted by Gasteiger charge is -2.09. The molecule has 0 aromatic heterocycles. The van der Waals surface area contributed by atoms with Gasteiger partial charge >= 0.3 is 11.9 Å². The van der Waals surface area contributed by atoms with Crippen LogP contribution in [0.25, 0.3) is 0 Å². The minimum Gasteiger partial charge on any atom is -0.478 e. The van der Waals surface area contributed by atoms with Crippen LogP contribution in [0.5, 0.6) is 0 Å². The van der Waals surface area contributed by atoms with Crippen molar-refractivity contribution in [1.82, 2.24) is 0 Å². The number of carbonyl (C=O) groups excluding carboxylic acids is 1. The molecule has 1 atom stereocenters. The second-order valence-electron chi connectivity index (χ2n) is 3.16. The molecule has 0 heterocycles. The highest BCUT2D eigenvalue weighted by molar-refractivity contribution is 9.10. The molecular formula is C11H11BrO4. The molecule has 86 valence electrons. The number of hydrogen-bond acceptors (Lipinski definition) is 3. The van der Waals surface area contributed by atoms with Gasteiger partial charge in [0.2, 0.25) is 0 Å². The van der Waals surface area contributed by atoms with E-state index in [1.807, 2.05) is 0 Å². The van der Waals surface area contributed by atoms with Crippen molar-refractivity contribution >= 4 is 27.9 Å². The lowest BCUT2D eigenvalue weighted by Crippen LogP contribution is -2.19. The first-order valence-electron chi connectivity index (χ1n) is 4.59. The average molecular weight is 287 g/mol. The van der Waals surface area contributed by atoms with Gasteiger partial charge in [0.15, 0.2) is 0 Å². The van der Waals surface area contributed by atoms with Crippen LogP contribution in [0, 0.1) is 0 Å². The quantitative estimate of drug-likeness (QED) is 0.678. The number of halogens is 1. The zero-order valence-electron chi connectivity index (χ0n) is 8.64. The molecule has 0 fully saturated rings. The maximum atomic E-state index is 11.2. The first-order chi connectivity index (χ1) is 7.56. The SMILES string of the molecule is COC(=O)C(Br)Cc1ccccc1C(=O)O. The number of rotatable bonds is 4. The monoisotopic (exact) mass is 286 g/mol. The van der Waals surface area contributed by atoms with E-state index in [0.29, 0.717) is 5.56 Å². The second kappa shape index (κ2) is 5.65. The van der Waals surface area contributed by atoms with Crippen LogP contribution >= 0.6 is 15.9 Å². The Bertz CT molecular complexity index is 403. The summed E-state index contributed by atoms with van der Waals surface area (Å²) in [4.78, 5) is 21.6. The standard InChI is InChI=1S/C11H11BrO4/c1-16-11(15)9(12)6-7-4-2-3-5-8(7)10(13)14/h2-5,9H,6H2,1H3,(H,13,14). The molecular weight excluding hydrogens is 276 g/mol. The molecule has 1 aromatic carbocycles. The first kappa shape index (κ1) is 12.7. The summed E-state index contributed by atoms with van der Waals surface area (Å²) < 4.78 is 4.55. The number of carbonyl (C=O) groups is 2. The molecule has 0 amide bonds. The van der Waals surface area contributed by atoms with Crippen molar-refractivity contribution in [2.45, 2.75) is 11.2 Å². The Morgan fingerprint density at radius 1 is 1.44 bits per heavy atom. The van der Waals surface area contributed by atoms with Gasteiger partial charge in [-0.3, -0.25) is 4.79 Å². The van der Waals surface area contributed by atoms with Crippen LogP contribution in [-0.2, 0) is 16.0 Å². The van der Waals surface area contributed by atoms with E-state index in [9.17, 15) is 9.59 Å². The number of aromatic carboxylic acids is 1. The normalized spacial score (nSPS) is 11.9. The van der Waals surface area contributed by atoms with Crippen LogP contribution in [0.3, 0.4) is 0 Å². The first-order valence-corrected chi connectivity index (χ1v) is 5.51. The highest BCUT2D eigenvalue weighted by atomic mass is 79.9. The van der Waals surface area contributed by atoms with Crippen molar-refractivity contribution in [3.8, 4) is 0 Å². The number of ether oxygens (including phenoxy) is 1. The van der Waals surface area contributed by atoms with Crippen molar-refractivity contribution in [3.05, 3.63) is 35.4 Å². The summed E-state index contributed by atoms with van der Waals surface area (Å²) in [7, 11) is 1.29. The summed E-state index contributed by atoms with van der Waals surface area (Å²) in [5, 5.41) is 8.94. The largest absolute Gasteiger partial charge is 0.478 e. The molecule has 0 aliphatic rings. The van der Waals surface area contributed by atoms with Crippen LogP contribution < -0.4 is 0 Å². The van der Waals surface area contributed by atoms with Gasteiger partial charge in [0.25, 0.3) is 0 Å². The van der Waals surface area contributed by atoms with E-state index in [1.54, 1.807) is 18.2 Å². The highest BCUT2D eigenvalue weighted by Crippen LogP contribution is 2.15. The molecule has 0 aliphatic heterocycles. The lowest BCUT2D eigenvalue weighted by atomic mass is 10.0. The van der Waals surface area contributed by atoms with E-state index in [-0.39, 0.29) is 12.0 Å². The maximum absolute atomic E-state index is 11.2. The Balaban J connectivity index is 2.88. The number of hydrogen-bond donors (Lipinski definition) is 1. The lowest BCUT2D eigenvalue weighted by molar-refractivity contribution is -0.139. The minimum absolute atomic E-state index is 0.204. The van der Waals surface area contributed by atoms with Crippen molar-refractivity contribution in [3.63, 3.8) is 0 Å². The number of benzene rings is 1. The Morgan fingerprint density at radius 3 is 2.62 bits per heavy atom. The Kier molecular flexibility index (Phi) is 4.49. The fraction of sp³-hybridized carbons (Fsp3) is 0.273. The summed E-state index contributed by atoms with van der Waals surface area (Å²) in [6.45, 7) is 0. The van der Waals surface area contributed by atoms with Gasteiger partial charge in [0.05, 0.1) is 12.7 Å². The van der Waals surface area contributed by atoms with E-state index in [2.05, 4.69) is 20.7 Å². The number of carboxylic acid groups (broad SMARTS) is 1. The molecule has 1 unspecified atom stereocenters. The van der Waals surface area contributed by atoms with Crippen molar-refractivity contribution < 1.29 is 19.4 Å². The van der Waals surface area contributed by atoms with Gasteiger partial charge in [-0.2, -0.15) is 0 Å². The Hall–Kier alpha value is -1.36. The third-order valence-corrected chi connectivity index (χ3v) is 2.80. The highest BCUT2D eigenvalue weighted by Gasteiger charge is 2.19. The van der Waals surface area contributed by atoms with Gasteiger partial charge in [-0.1, -0.05) is 34.1 Å². The fourth-order valence-electron chi connectivity index (χ4n) is 1.31. The predicted molar refractivity (Wildman–Crippen MR) is 61.8 cm³/mol. The summed E-state index contributed by atoms with van der Waals surface area (Å²) >= 11 is 3.16. The molecule has 1 aromatic rings. The van der Waals surface area contributed by atoms with Crippen LogP contribution in [0.2, 0.25) is 0 Å². The molecule has 0 aliphatic carbocycles. The molecule has 1 rings (SSSR count). The van der Waals surface area contributed by atoms with Crippen LogP contribution in [0.1, 0.15) is 15.9 Å². The molecule has 16 heavy (non-hydrogen) atoms. The van der Waals surface area contributed by atoms with Crippen molar-refractivity contribution in [2.75, 3.05) is 7.11 Å². The van der Waals surface area contributed by atoms with Gasteiger partial charge in [-0.15, -0.1) is 0 Å². The summed E-state index contributed by atoms with van der Waals surface area (Å²) in [5.41, 5.74) is 0.804. The zero-order chi connectivity index (χ0) is 12.1. The number of alkyl halides is 1. The minimum atomic E-state index is -1.000. The summed E-state index contributed by atoms with van der Waals surface area (Å²) in [5.74, 6) is -1.42. The third kappa shape index (κ3) is 3.06. The number of methoxy groups -OCH3 is 1. The molecule has 1 N–H and O–H groups in total. The van der Waals surface area contributed by atoms with Crippen LogP contribution in [-0.4, -0.2) is 29.0 Å². The van der Waals surface area contributed by atoms with Gasteiger partial charge in [-0.05, 0) is 18.1 Å². The molecule has 0 saturated carbocycles. The van der Waals surface area contributed by atoms with E-state index in [0.717, 1.165) is 0 Å². The van der Waals surface area contributed by atoms with E-state index in [1.165, 1.54) is 13.2 Å². The average Bonchev–Trinajstić information content (AvgIpc) is 2.28.